The molecule has 20 heteroatoms. The van der Waals surface area contributed by atoms with Crippen LogP contribution < -0.4 is 5.32 Å². The van der Waals surface area contributed by atoms with Gasteiger partial charge in [-0.3, -0.25) is 0 Å². The molecule has 1 heterocycles. The van der Waals surface area contributed by atoms with Crippen LogP contribution in [0.5, 0.6) is 0 Å². The number of alkyl halides is 9. The Morgan fingerprint density at radius 2 is 1.10 bits per heavy atom. The fourth-order valence-electron chi connectivity index (χ4n) is 2.04. The lowest BCUT2D eigenvalue weighted by molar-refractivity contribution is -0.243. The molecule has 1 aliphatic heterocycles. The van der Waals surface area contributed by atoms with E-state index >= 15 is 0 Å². The summed E-state index contributed by atoms with van der Waals surface area (Å²) in [7, 11) is -21.8. The number of sulfonamides is 2. The molecule has 1 aliphatic rings. The van der Waals surface area contributed by atoms with E-state index in [4.69, 9.17) is 0 Å². The van der Waals surface area contributed by atoms with Gasteiger partial charge in [-0.15, -0.1) is 0 Å². The van der Waals surface area contributed by atoms with E-state index in [0.717, 1.165) is 0 Å². The average Bonchev–Trinajstić information content (AvgIpc) is 2.52. The molecular formula is C9H10F9N2O6S3-. The van der Waals surface area contributed by atoms with E-state index in [1.807, 2.05) is 0 Å². The summed E-state index contributed by atoms with van der Waals surface area (Å²) in [6, 6.07) is 0. The van der Waals surface area contributed by atoms with Crippen molar-refractivity contribution in [3.05, 3.63) is 4.13 Å². The van der Waals surface area contributed by atoms with Crippen LogP contribution in [0, 0.1) is 0 Å². The van der Waals surface area contributed by atoms with Gasteiger partial charge in [0.1, 0.15) is 0 Å². The minimum Gasteiger partial charge on any atom is -0.423 e. The van der Waals surface area contributed by atoms with Gasteiger partial charge in [0.25, 0.3) is 0 Å². The van der Waals surface area contributed by atoms with Gasteiger partial charge in [0, 0.05) is 0 Å². The summed E-state index contributed by atoms with van der Waals surface area (Å²) in [5.74, 6) is -7.38. The van der Waals surface area contributed by atoms with Crippen molar-refractivity contribution in [3.8, 4) is 0 Å². The molecule has 0 aromatic heterocycles. The van der Waals surface area contributed by atoms with Crippen molar-refractivity contribution in [2.45, 2.75) is 40.0 Å². The number of piperidine rings is 1. The molecule has 0 unspecified atom stereocenters. The predicted molar refractivity (Wildman–Crippen MR) is 76.9 cm³/mol. The Labute approximate surface area is 157 Å². The van der Waals surface area contributed by atoms with Gasteiger partial charge < -0.3 is 9.44 Å². The second-order valence-corrected chi connectivity index (χ2v) is 11.3. The van der Waals surface area contributed by atoms with Crippen LogP contribution in [0.4, 0.5) is 39.5 Å². The minimum absolute atomic E-state index is 0.306. The van der Waals surface area contributed by atoms with Gasteiger partial charge in [0.2, 0.25) is 9.84 Å². The number of hydrogen-bond donors (Lipinski definition) is 1. The smallest absolute Gasteiger partial charge is 0.423 e. The highest BCUT2D eigenvalue weighted by atomic mass is 32.3. The van der Waals surface area contributed by atoms with Gasteiger partial charge in [-0.1, -0.05) is 0 Å². The van der Waals surface area contributed by atoms with Crippen LogP contribution in [-0.4, -0.2) is 65.5 Å². The summed E-state index contributed by atoms with van der Waals surface area (Å²) in [6.45, 7) is -0.612. The third kappa shape index (κ3) is 4.17. The van der Waals surface area contributed by atoms with E-state index in [1.165, 1.54) is 0 Å². The van der Waals surface area contributed by atoms with Crippen molar-refractivity contribution in [1.29, 1.82) is 0 Å². The van der Waals surface area contributed by atoms with Crippen LogP contribution in [0.1, 0.15) is 12.8 Å². The topological polar surface area (TPSA) is 129 Å². The van der Waals surface area contributed by atoms with Crippen molar-refractivity contribution >= 4 is 29.9 Å². The fourth-order valence-corrected chi connectivity index (χ4v) is 6.07. The molecule has 174 valence electrons. The molecule has 1 rings (SSSR count). The zero-order valence-corrected chi connectivity index (χ0v) is 15.9. The van der Waals surface area contributed by atoms with Crippen LogP contribution in [0.2, 0.25) is 0 Å². The standard InChI is InChI=1S/C9H10F9N2O6S3/c10-6(11,7(12,13)27(21,22)5-1-3-19-4-2-5)8(14,15)28(23,24)20-29(25,26)9(16,17)18/h5,19H,1-4H2/q-1. The summed E-state index contributed by atoms with van der Waals surface area (Å²) in [6.07, 6.45) is -1.50. The van der Waals surface area contributed by atoms with E-state index in [0.29, 0.717) is 4.13 Å². The fraction of sp³-hybridized carbons (Fsp3) is 1.00. The molecule has 0 aromatic rings. The van der Waals surface area contributed by atoms with Gasteiger partial charge in [0.05, 0.1) is 5.25 Å². The summed E-state index contributed by atoms with van der Waals surface area (Å²) >= 11 is 0. The van der Waals surface area contributed by atoms with Crippen LogP contribution in [0.25, 0.3) is 4.13 Å². The third-order valence-corrected chi connectivity index (χ3v) is 9.01. The Morgan fingerprint density at radius 3 is 1.48 bits per heavy atom. The van der Waals surface area contributed by atoms with Gasteiger partial charge in [0.15, 0.2) is 20.0 Å². The lowest BCUT2D eigenvalue weighted by atomic mass is 10.2. The number of hydrogen-bond acceptors (Lipinski definition) is 7. The molecule has 0 aliphatic carbocycles. The van der Waals surface area contributed by atoms with Crippen molar-refractivity contribution < 1.29 is 64.8 Å². The number of halogens is 9. The van der Waals surface area contributed by atoms with Gasteiger partial charge in [-0.05, 0) is 25.9 Å². The largest absolute Gasteiger partial charge is 0.480 e. The normalized spacial score (nSPS) is 19.3. The summed E-state index contributed by atoms with van der Waals surface area (Å²) < 4.78 is 187. The Bertz CT molecular complexity index is 937. The number of rotatable bonds is 7. The Balaban J connectivity index is 3.47. The lowest BCUT2D eigenvalue weighted by Gasteiger charge is -2.37. The van der Waals surface area contributed by atoms with Gasteiger partial charge in [-0.25, -0.2) is 25.3 Å². The second kappa shape index (κ2) is 7.38. The Kier molecular flexibility index (Phi) is 6.66. The Morgan fingerprint density at radius 1 is 0.690 bits per heavy atom. The number of nitrogens with one attached hydrogen (secondary N) is 1. The molecule has 1 saturated heterocycles. The monoisotopic (exact) mass is 509 g/mol. The predicted octanol–water partition coefficient (Wildman–Crippen LogP) is 1.53. The summed E-state index contributed by atoms with van der Waals surface area (Å²) in [4.78, 5) is 0. The van der Waals surface area contributed by atoms with E-state index in [9.17, 15) is 64.8 Å². The van der Waals surface area contributed by atoms with Crippen LogP contribution in [0.3, 0.4) is 0 Å². The molecule has 1 fully saturated rings. The number of sulfone groups is 1. The SMILES string of the molecule is O=S(=O)([N-]S(=O)(=O)C(F)(F)C(F)(F)C(F)(F)S(=O)(=O)C1CCNCC1)C(F)(F)F. The summed E-state index contributed by atoms with van der Waals surface area (Å²) in [5, 5.41) is -14.0. The maximum absolute atomic E-state index is 13.9. The van der Waals surface area contributed by atoms with Gasteiger partial charge in [-0.2, -0.15) is 39.5 Å². The van der Waals surface area contributed by atoms with E-state index in [1.54, 1.807) is 0 Å². The van der Waals surface area contributed by atoms with E-state index < -0.39 is 69.9 Å². The molecular weight excluding hydrogens is 499 g/mol. The highest BCUT2D eigenvalue weighted by molar-refractivity contribution is 8.13. The molecule has 0 spiro atoms. The quantitative estimate of drug-likeness (QED) is 0.516. The molecule has 0 saturated carbocycles. The summed E-state index contributed by atoms with van der Waals surface area (Å²) in [5.41, 5.74) is -6.66. The van der Waals surface area contributed by atoms with Crippen LogP contribution >= 0.6 is 0 Å². The second-order valence-electron chi connectivity index (χ2n) is 5.57. The zero-order valence-electron chi connectivity index (χ0n) is 13.4. The van der Waals surface area contributed by atoms with Crippen LogP contribution in [-0.2, 0) is 29.9 Å². The molecule has 0 bridgehead atoms. The van der Waals surface area contributed by atoms with Gasteiger partial charge >= 0.3 is 21.9 Å². The first-order valence-electron chi connectivity index (χ1n) is 6.94. The van der Waals surface area contributed by atoms with Crippen LogP contribution in [0.15, 0.2) is 0 Å². The minimum atomic E-state index is -7.86. The van der Waals surface area contributed by atoms with E-state index in [-0.39, 0.29) is 13.1 Å². The molecule has 0 atom stereocenters. The van der Waals surface area contributed by atoms with Crippen molar-refractivity contribution in [3.63, 3.8) is 0 Å². The number of nitrogens with zero attached hydrogens (tertiary/aromatic N) is 1. The third-order valence-electron chi connectivity index (χ3n) is 3.63. The highest BCUT2D eigenvalue weighted by Gasteiger charge is 2.80. The maximum atomic E-state index is 13.9. The Hall–Kier alpha value is -0.860. The van der Waals surface area contributed by atoms with Crippen molar-refractivity contribution in [2.75, 3.05) is 13.1 Å². The molecule has 0 amide bonds. The van der Waals surface area contributed by atoms with Crippen molar-refractivity contribution in [1.82, 2.24) is 5.32 Å². The first-order valence-corrected chi connectivity index (χ1v) is 11.4. The molecule has 1 N–H and O–H groups in total. The van der Waals surface area contributed by atoms with Crippen molar-refractivity contribution in [2.24, 2.45) is 0 Å². The first kappa shape index (κ1) is 26.2. The zero-order chi connectivity index (χ0) is 23.3. The van der Waals surface area contributed by atoms with E-state index in [2.05, 4.69) is 5.32 Å². The first-order chi connectivity index (χ1) is 12.6. The highest BCUT2D eigenvalue weighted by Crippen LogP contribution is 2.54. The molecule has 8 nitrogen and oxygen atoms in total. The lowest BCUT2D eigenvalue weighted by Crippen LogP contribution is -2.62. The maximum Gasteiger partial charge on any atom is 0.480 e. The molecule has 0 radical (unpaired) electrons. The molecule has 29 heavy (non-hydrogen) atoms. The average molecular weight is 509 g/mol. The molecule has 0 aromatic carbocycles.